The van der Waals surface area contributed by atoms with Gasteiger partial charge in [-0.1, -0.05) is 68.8 Å². The van der Waals surface area contributed by atoms with E-state index in [2.05, 4.69) is 30.9 Å². The molecule has 44 heavy (non-hydrogen) atoms. The molecular weight excluding hydrogens is 562 g/mol. The smallest absolute Gasteiger partial charge is 0.326 e. The SMILES string of the molecule is CCC(C)C(NC(=O)C(N)Cc1cnc[nH]1)C(=O)NC(Cc1ccccc1)C(=O)NC(Cc1c[nH]c2ccccc12)C(=O)O. The predicted octanol–water partition coefficient (Wildman–Crippen LogP) is 1.83. The number of hydrogen-bond acceptors (Lipinski definition) is 6. The summed E-state index contributed by atoms with van der Waals surface area (Å²) >= 11 is 0. The van der Waals surface area contributed by atoms with Crippen LogP contribution in [0.2, 0.25) is 0 Å². The van der Waals surface area contributed by atoms with Crippen LogP contribution >= 0.6 is 0 Å². The van der Waals surface area contributed by atoms with Crippen LogP contribution in [0.4, 0.5) is 0 Å². The van der Waals surface area contributed by atoms with Crippen LogP contribution in [0.1, 0.15) is 37.1 Å². The van der Waals surface area contributed by atoms with Gasteiger partial charge in [-0.3, -0.25) is 14.4 Å². The lowest BCUT2D eigenvalue weighted by Gasteiger charge is -2.28. The summed E-state index contributed by atoms with van der Waals surface area (Å²) in [6.07, 6.45) is 5.70. The molecule has 2 aromatic heterocycles. The lowest BCUT2D eigenvalue weighted by Crippen LogP contribution is -2.59. The average molecular weight is 602 g/mol. The van der Waals surface area contributed by atoms with Crippen molar-refractivity contribution in [2.24, 2.45) is 11.7 Å². The van der Waals surface area contributed by atoms with Crippen LogP contribution in [0.3, 0.4) is 0 Å². The van der Waals surface area contributed by atoms with Crippen molar-refractivity contribution in [2.75, 3.05) is 0 Å². The molecule has 0 aliphatic rings. The quantitative estimate of drug-likeness (QED) is 0.108. The summed E-state index contributed by atoms with van der Waals surface area (Å²) in [4.78, 5) is 62.5. The summed E-state index contributed by atoms with van der Waals surface area (Å²) in [7, 11) is 0. The van der Waals surface area contributed by atoms with Crippen LogP contribution in [0, 0.1) is 5.92 Å². The maximum atomic E-state index is 13.7. The molecule has 0 aliphatic carbocycles. The number of fused-ring (bicyclic) bond motifs is 1. The molecule has 0 radical (unpaired) electrons. The Balaban J connectivity index is 1.51. The van der Waals surface area contributed by atoms with Gasteiger partial charge in [-0.2, -0.15) is 0 Å². The van der Waals surface area contributed by atoms with E-state index >= 15 is 0 Å². The molecule has 5 unspecified atom stereocenters. The van der Waals surface area contributed by atoms with Crippen molar-refractivity contribution >= 4 is 34.6 Å². The van der Waals surface area contributed by atoms with E-state index in [1.165, 1.54) is 6.33 Å². The first kappa shape index (κ1) is 32.0. The highest BCUT2D eigenvalue weighted by Gasteiger charge is 2.33. The largest absolute Gasteiger partial charge is 0.480 e. The number of para-hydroxylation sites is 1. The number of aromatic nitrogens is 3. The summed E-state index contributed by atoms with van der Waals surface area (Å²) < 4.78 is 0. The van der Waals surface area contributed by atoms with Crippen molar-refractivity contribution in [1.29, 1.82) is 0 Å². The molecule has 0 spiro atoms. The Labute approximate surface area is 255 Å². The van der Waals surface area contributed by atoms with Crippen molar-refractivity contribution in [3.8, 4) is 0 Å². The summed E-state index contributed by atoms with van der Waals surface area (Å²) in [6.45, 7) is 3.71. The second-order valence-electron chi connectivity index (χ2n) is 11.0. The number of nitrogens with zero attached hydrogens (tertiary/aromatic N) is 1. The van der Waals surface area contributed by atoms with E-state index in [0.29, 0.717) is 12.1 Å². The van der Waals surface area contributed by atoms with Crippen LogP contribution < -0.4 is 21.7 Å². The molecule has 12 heteroatoms. The van der Waals surface area contributed by atoms with Crippen LogP contribution in [-0.2, 0) is 38.4 Å². The standard InChI is InChI=1S/C32H39N7O5/c1-3-19(2)28(39-29(40)24(33)15-22-17-34-18-36-22)31(42)37-26(13-20-9-5-4-6-10-20)30(41)38-27(32(43)44)14-21-16-35-25-12-8-7-11-23(21)25/h4-12,16-19,24,26-28,35H,3,13-15,33H2,1-2H3,(H,34,36)(H,37,42)(H,38,41)(H,39,40)(H,43,44). The minimum absolute atomic E-state index is 0.0386. The number of nitrogens with one attached hydrogen (secondary N) is 5. The Morgan fingerprint density at radius 3 is 2.25 bits per heavy atom. The Hall–Kier alpha value is -4.97. The van der Waals surface area contributed by atoms with E-state index in [-0.39, 0.29) is 25.2 Å². The molecule has 3 amide bonds. The third-order valence-electron chi connectivity index (χ3n) is 7.75. The van der Waals surface area contributed by atoms with Crippen molar-refractivity contribution in [3.05, 3.63) is 90.1 Å². The van der Waals surface area contributed by atoms with E-state index in [1.54, 1.807) is 12.4 Å². The zero-order valence-electron chi connectivity index (χ0n) is 24.7. The predicted molar refractivity (Wildman–Crippen MR) is 165 cm³/mol. The van der Waals surface area contributed by atoms with Crippen LogP contribution in [0.15, 0.2) is 73.3 Å². The van der Waals surface area contributed by atoms with Gasteiger partial charge in [-0.15, -0.1) is 0 Å². The number of rotatable bonds is 15. The second-order valence-corrected chi connectivity index (χ2v) is 11.0. The third-order valence-corrected chi connectivity index (χ3v) is 7.75. The molecule has 232 valence electrons. The number of carboxylic acid groups (broad SMARTS) is 1. The zero-order chi connectivity index (χ0) is 31.6. The van der Waals surface area contributed by atoms with E-state index in [9.17, 15) is 24.3 Å². The number of aromatic amines is 2. The first-order valence-corrected chi connectivity index (χ1v) is 14.6. The summed E-state index contributed by atoms with van der Waals surface area (Å²) in [6, 6.07) is 12.3. The molecular formula is C32H39N7O5. The number of carboxylic acids is 1. The van der Waals surface area contributed by atoms with Crippen LogP contribution in [-0.4, -0.2) is 67.9 Å². The number of amides is 3. The molecule has 0 fully saturated rings. The number of carbonyl (C=O) groups is 4. The number of H-pyrrole nitrogens is 2. The first-order chi connectivity index (χ1) is 21.2. The van der Waals surface area contributed by atoms with Crippen molar-refractivity contribution in [1.82, 2.24) is 30.9 Å². The Bertz CT molecular complexity index is 1550. The fourth-order valence-electron chi connectivity index (χ4n) is 5.00. The fraction of sp³-hybridized carbons (Fsp3) is 0.344. The summed E-state index contributed by atoms with van der Waals surface area (Å²) in [5.74, 6) is -3.23. The molecule has 4 aromatic rings. The summed E-state index contributed by atoms with van der Waals surface area (Å²) in [5.41, 5.74) is 9.15. The molecule has 2 heterocycles. The van der Waals surface area contributed by atoms with Gasteiger partial charge in [0, 0.05) is 48.3 Å². The van der Waals surface area contributed by atoms with Crippen molar-refractivity contribution in [2.45, 2.75) is 63.7 Å². The second kappa shape index (κ2) is 15.0. The molecule has 0 bridgehead atoms. The highest BCUT2D eigenvalue weighted by atomic mass is 16.4. The number of hydrogen-bond donors (Lipinski definition) is 7. The molecule has 0 aliphatic heterocycles. The zero-order valence-corrected chi connectivity index (χ0v) is 24.7. The Morgan fingerprint density at radius 1 is 0.864 bits per heavy atom. The Kier molecular flexibility index (Phi) is 10.9. The van der Waals surface area contributed by atoms with Crippen molar-refractivity contribution < 1.29 is 24.3 Å². The molecule has 4 rings (SSSR count). The number of carbonyl (C=O) groups excluding carboxylic acids is 3. The third kappa shape index (κ3) is 8.32. The Morgan fingerprint density at radius 2 is 1.57 bits per heavy atom. The number of imidazole rings is 1. The van der Waals surface area contributed by atoms with Crippen LogP contribution in [0.25, 0.3) is 10.9 Å². The molecule has 2 aromatic carbocycles. The van der Waals surface area contributed by atoms with Gasteiger partial charge >= 0.3 is 5.97 Å². The normalized spacial score (nSPS) is 14.6. The lowest BCUT2D eigenvalue weighted by molar-refractivity contribution is -0.142. The maximum absolute atomic E-state index is 13.7. The van der Waals surface area contributed by atoms with Gasteiger partial charge in [-0.05, 0) is 23.1 Å². The van der Waals surface area contributed by atoms with Gasteiger partial charge in [0.15, 0.2) is 0 Å². The monoisotopic (exact) mass is 601 g/mol. The molecule has 5 atom stereocenters. The van der Waals surface area contributed by atoms with E-state index in [4.69, 9.17) is 5.73 Å². The number of nitrogens with two attached hydrogens (primary N) is 1. The van der Waals surface area contributed by atoms with Gasteiger partial charge in [-0.25, -0.2) is 9.78 Å². The van der Waals surface area contributed by atoms with E-state index in [1.807, 2.05) is 68.4 Å². The average Bonchev–Trinajstić information content (AvgIpc) is 3.69. The van der Waals surface area contributed by atoms with Gasteiger partial charge in [0.2, 0.25) is 17.7 Å². The number of benzene rings is 2. The highest BCUT2D eigenvalue weighted by molar-refractivity contribution is 5.94. The topological polar surface area (TPSA) is 195 Å². The minimum Gasteiger partial charge on any atom is -0.480 e. The maximum Gasteiger partial charge on any atom is 0.326 e. The molecule has 0 saturated heterocycles. The van der Waals surface area contributed by atoms with Gasteiger partial charge < -0.3 is 36.8 Å². The first-order valence-electron chi connectivity index (χ1n) is 14.6. The molecule has 0 saturated carbocycles. The highest BCUT2D eigenvalue weighted by Crippen LogP contribution is 2.19. The fourth-order valence-corrected chi connectivity index (χ4v) is 5.00. The van der Waals surface area contributed by atoms with Crippen LogP contribution in [0.5, 0.6) is 0 Å². The van der Waals surface area contributed by atoms with Crippen molar-refractivity contribution in [3.63, 3.8) is 0 Å². The van der Waals surface area contributed by atoms with Gasteiger partial charge in [0.1, 0.15) is 18.1 Å². The number of aliphatic carboxylic acids is 1. The molecule has 8 N–H and O–H groups in total. The lowest BCUT2D eigenvalue weighted by atomic mass is 9.96. The summed E-state index contributed by atoms with van der Waals surface area (Å²) in [5, 5.41) is 19.0. The van der Waals surface area contributed by atoms with E-state index in [0.717, 1.165) is 22.0 Å². The van der Waals surface area contributed by atoms with Gasteiger partial charge in [0.05, 0.1) is 12.4 Å². The minimum atomic E-state index is -1.25. The molecule has 12 nitrogen and oxygen atoms in total. The van der Waals surface area contributed by atoms with Gasteiger partial charge in [0.25, 0.3) is 0 Å². The van der Waals surface area contributed by atoms with E-state index < -0.39 is 47.9 Å².